The minimum absolute atomic E-state index is 0. The molecule has 0 aliphatic rings. The Labute approximate surface area is 122 Å². The molecule has 0 heterocycles. The molecule has 0 unspecified atom stereocenters. The Morgan fingerprint density at radius 1 is 1.37 bits per heavy atom. The normalized spacial score (nSPS) is 10.6. The van der Waals surface area contributed by atoms with Crippen LogP contribution in [0.5, 0.6) is 0 Å². The maximum absolute atomic E-state index is 13.1. The molecule has 0 aliphatic heterocycles. The summed E-state index contributed by atoms with van der Waals surface area (Å²) < 4.78 is 17.5. The Morgan fingerprint density at radius 3 is 2.53 bits per heavy atom. The van der Waals surface area contributed by atoms with E-state index in [9.17, 15) is 19.1 Å². The summed E-state index contributed by atoms with van der Waals surface area (Å²) >= 11 is 0. The fraction of sp³-hybridized carbons (Fsp3) is 0.231. The van der Waals surface area contributed by atoms with E-state index in [4.69, 9.17) is 0 Å². The second-order valence-corrected chi connectivity index (χ2v) is 3.61. The van der Waals surface area contributed by atoms with Gasteiger partial charge in [-0.2, -0.15) is 0 Å². The molecule has 0 amide bonds. The second-order valence-electron chi connectivity index (χ2n) is 3.61. The zero-order valence-electron chi connectivity index (χ0n) is 11.0. The molecule has 6 heteroatoms. The minimum atomic E-state index is -1.10. The van der Waals surface area contributed by atoms with Crippen molar-refractivity contribution in [1.82, 2.24) is 0 Å². The van der Waals surface area contributed by atoms with Crippen molar-refractivity contribution in [3.63, 3.8) is 0 Å². The zero-order valence-corrected chi connectivity index (χ0v) is 11.0. The Hall–Kier alpha value is -1.57. The molecule has 19 heavy (non-hydrogen) atoms. The molecule has 1 aromatic carbocycles. The van der Waals surface area contributed by atoms with Gasteiger partial charge in [-0.25, -0.2) is 9.18 Å². The van der Waals surface area contributed by atoms with E-state index in [2.05, 4.69) is 4.74 Å². The van der Waals surface area contributed by atoms with E-state index < -0.39 is 23.3 Å². The Balaban J connectivity index is 0.00000324. The number of halogens is 1. The number of ether oxygens (including phenoxy) is 1. The van der Waals surface area contributed by atoms with Gasteiger partial charge in [0.1, 0.15) is 5.82 Å². The zero-order chi connectivity index (χ0) is 13.7. The van der Waals surface area contributed by atoms with Crippen LogP contribution >= 0.6 is 0 Å². The summed E-state index contributed by atoms with van der Waals surface area (Å²) in [5.74, 6) is -3.45. The fourth-order valence-electron chi connectivity index (χ4n) is 1.34. The summed E-state index contributed by atoms with van der Waals surface area (Å²) in [6.45, 7) is 3.21. The molecule has 0 saturated heterocycles. The van der Waals surface area contributed by atoms with E-state index in [0.29, 0.717) is 11.6 Å². The van der Waals surface area contributed by atoms with E-state index in [-0.39, 0.29) is 31.0 Å². The Morgan fingerprint density at radius 2 is 2.00 bits per heavy atom. The van der Waals surface area contributed by atoms with Crippen LogP contribution in [0.2, 0.25) is 0 Å². The molecule has 0 bridgehead atoms. The summed E-state index contributed by atoms with van der Waals surface area (Å²) in [7, 11) is 0. The van der Waals surface area contributed by atoms with Crippen molar-refractivity contribution in [3.8, 4) is 0 Å². The SMILES string of the molecule is CCOC(=O)C(=O)/C=C(/[O-])c1cc(C)cc(F)c1.[Li+]. The molecule has 4 nitrogen and oxygen atoms in total. The van der Waals surface area contributed by atoms with Gasteiger partial charge in [0.15, 0.2) is 0 Å². The molecule has 0 N–H and O–H groups in total. The molecular formula is C13H12FLiO4. The van der Waals surface area contributed by atoms with Crippen molar-refractivity contribution in [1.29, 1.82) is 0 Å². The predicted octanol–water partition coefficient (Wildman–Crippen LogP) is -2.03. The molecule has 0 aliphatic carbocycles. The van der Waals surface area contributed by atoms with Crippen LogP contribution in [0.4, 0.5) is 4.39 Å². The first-order valence-electron chi connectivity index (χ1n) is 5.31. The number of hydrogen-bond acceptors (Lipinski definition) is 4. The van der Waals surface area contributed by atoms with Gasteiger partial charge in [0.2, 0.25) is 0 Å². The summed E-state index contributed by atoms with van der Waals surface area (Å²) in [5, 5.41) is 11.6. The maximum atomic E-state index is 13.1. The first-order chi connectivity index (χ1) is 8.43. The monoisotopic (exact) mass is 258 g/mol. The van der Waals surface area contributed by atoms with Gasteiger partial charge in [0.05, 0.1) is 6.61 Å². The van der Waals surface area contributed by atoms with Crippen LogP contribution in [0.3, 0.4) is 0 Å². The third-order valence-corrected chi connectivity index (χ3v) is 2.07. The van der Waals surface area contributed by atoms with E-state index in [1.54, 1.807) is 13.8 Å². The largest absolute Gasteiger partial charge is 1.00 e. The number of carbonyl (C=O) groups is 2. The molecule has 96 valence electrons. The molecular weight excluding hydrogens is 246 g/mol. The van der Waals surface area contributed by atoms with Crippen LogP contribution in [0, 0.1) is 12.7 Å². The molecule has 0 atom stereocenters. The number of aryl methyl sites for hydroxylation is 1. The molecule has 0 fully saturated rings. The van der Waals surface area contributed by atoms with Crippen LogP contribution in [0.15, 0.2) is 24.3 Å². The number of benzene rings is 1. The van der Waals surface area contributed by atoms with Crippen molar-refractivity contribution < 1.29 is 42.7 Å². The quantitative estimate of drug-likeness (QED) is 0.205. The maximum Gasteiger partial charge on any atom is 1.00 e. The van der Waals surface area contributed by atoms with Crippen LogP contribution < -0.4 is 24.0 Å². The topological polar surface area (TPSA) is 66.4 Å². The van der Waals surface area contributed by atoms with Crippen molar-refractivity contribution >= 4 is 17.5 Å². The number of esters is 1. The summed E-state index contributed by atoms with van der Waals surface area (Å²) in [6, 6.07) is 3.69. The molecule has 1 aromatic rings. The van der Waals surface area contributed by atoms with E-state index >= 15 is 0 Å². The van der Waals surface area contributed by atoms with E-state index in [1.165, 1.54) is 12.1 Å². The fourth-order valence-corrected chi connectivity index (χ4v) is 1.34. The van der Waals surface area contributed by atoms with Gasteiger partial charge in [0, 0.05) is 0 Å². The van der Waals surface area contributed by atoms with Crippen molar-refractivity contribution in [2.75, 3.05) is 6.61 Å². The Kier molecular flexibility index (Phi) is 7.13. The van der Waals surface area contributed by atoms with Gasteiger partial charge in [0.25, 0.3) is 5.78 Å². The Bertz CT molecular complexity index is 491. The van der Waals surface area contributed by atoms with Gasteiger partial charge in [-0.1, -0.05) is 11.8 Å². The van der Waals surface area contributed by atoms with Crippen molar-refractivity contribution in [3.05, 3.63) is 41.2 Å². The standard InChI is InChI=1S/C13H13FO4.Li/c1-3-18-13(17)12(16)7-11(15)9-4-8(2)5-10(14)6-9;/h4-7,15H,3H2,1-2H3;/q;+1/p-1/b11-7+;. The van der Waals surface area contributed by atoms with E-state index in [0.717, 1.165) is 6.07 Å². The first-order valence-corrected chi connectivity index (χ1v) is 5.31. The van der Waals surface area contributed by atoms with Crippen LogP contribution in [-0.4, -0.2) is 18.4 Å². The third-order valence-electron chi connectivity index (χ3n) is 2.07. The summed E-state index contributed by atoms with van der Waals surface area (Å²) in [4.78, 5) is 22.3. The third kappa shape index (κ3) is 5.29. The van der Waals surface area contributed by atoms with Gasteiger partial charge < -0.3 is 9.84 Å². The van der Waals surface area contributed by atoms with Crippen molar-refractivity contribution in [2.45, 2.75) is 13.8 Å². The number of rotatable bonds is 4. The predicted molar refractivity (Wildman–Crippen MR) is 60.8 cm³/mol. The average Bonchev–Trinajstić information content (AvgIpc) is 2.27. The second kappa shape index (κ2) is 7.77. The molecule has 0 aromatic heterocycles. The summed E-state index contributed by atoms with van der Waals surface area (Å²) in [5.41, 5.74) is 0.570. The van der Waals surface area contributed by atoms with Crippen LogP contribution in [-0.2, 0) is 14.3 Å². The van der Waals surface area contributed by atoms with Crippen molar-refractivity contribution in [2.24, 2.45) is 0 Å². The molecule has 0 radical (unpaired) electrons. The number of ketones is 1. The first kappa shape index (κ1) is 17.4. The molecule has 0 spiro atoms. The number of hydrogen-bond donors (Lipinski definition) is 0. The van der Waals surface area contributed by atoms with Gasteiger partial charge in [-0.3, -0.25) is 4.79 Å². The number of carbonyl (C=O) groups excluding carboxylic acids is 2. The molecule has 1 rings (SSSR count). The van der Waals surface area contributed by atoms with E-state index in [1.807, 2.05) is 0 Å². The van der Waals surface area contributed by atoms with Gasteiger partial charge in [-0.15, -0.1) is 0 Å². The average molecular weight is 258 g/mol. The molecule has 0 saturated carbocycles. The van der Waals surface area contributed by atoms with Gasteiger partial charge >= 0.3 is 24.8 Å². The van der Waals surface area contributed by atoms with Crippen LogP contribution in [0.25, 0.3) is 5.76 Å². The summed E-state index contributed by atoms with van der Waals surface area (Å²) in [6.07, 6.45) is 0.603. The smallest absolute Gasteiger partial charge is 0.872 e. The van der Waals surface area contributed by atoms with Crippen LogP contribution in [0.1, 0.15) is 18.1 Å². The van der Waals surface area contributed by atoms with Gasteiger partial charge in [-0.05, 0) is 43.2 Å². The minimum Gasteiger partial charge on any atom is -0.872 e.